The van der Waals surface area contributed by atoms with E-state index in [2.05, 4.69) is 20.6 Å². The lowest BCUT2D eigenvalue weighted by atomic mass is 9.76. The first-order valence-corrected chi connectivity index (χ1v) is 11.5. The summed E-state index contributed by atoms with van der Waals surface area (Å²) in [6.45, 7) is 1.23. The summed E-state index contributed by atoms with van der Waals surface area (Å²) in [6.07, 6.45) is 7.21. The fourth-order valence-electron chi connectivity index (χ4n) is 3.88. The van der Waals surface area contributed by atoms with Crippen LogP contribution >= 0.6 is 0 Å². The van der Waals surface area contributed by atoms with Gasteiger partial charge in [-0.15, -0.1) is 0 Å². The van der Waals surface area contributed by atoms with Crippen molar-refractivity contribution in [2.45, 2.75) is 50.5 Å². The van der Waals surface area contributed by atoms with E-state index in [1.54, 1.807) is 4.90 Å². The van der Waals surface area contributed by atoms with Gasteiger partial charge in [0.25, 0.3) is 5.91 Å². The first-order chi connectivity index (χ1) is 16.4. The van der Waals surface area contributed by atoms with Gasteiger partial charge in [-0.2, -0.15) is 0 Å². The zero-order chi connectivity index (χ0) is 24.3. The normalized spacial score (nSPS) is 14.8. The van der Waals surface area contributed by atoms with Crippen LogP contribution < -0.4 is 10.6 Å². The molecule has 4 N–H and O–H groups in total. The molecule has 0 bridgehead atoms. The molecule has 10 nitrogen and oxygen atoms in total. The second-order valence-electron chi connectivity index (χ2n) is 8.32. The Hall–Kier alpha value is -3.31. The lowest BCUT2D eigenvalue weighted by Gasteiger charge is -2.24. The SMILES string of the molecule is O=C(NC(CC(=O)N1CCCC1)C(=O)N[C@@H](CCCc1ccccc1)B(O)O)c1cnccn1. The predicted octanol–water partition coefficient (Wildman–Crippen LogP) is 0.107. The molecule has 11 heteroatoms. The molecule has 0 spiro atoms. The van der Waals surface area contributed by atoms with Crippen LogP contribution in [0.5, 0.6) is 0 Å². The topological polar surface area (TPSA) is 145 Å². The van der Waals surface area contributed by atoms with Crippen molar-refractivity contribution in [2.75, 3.05) is 13.1 Å². The second-order valence-corrected chi connectivity index (χ2v) is 8.32. The van der Waals surface area contributed by atoms with E-state index in [0.717, 1.165) is 18.4 Å². The molecule has 0 aliphatic carbocycles. The van der Waals surface area contributed by atoms with E-state index in [1.165, 1.54) is 18.6 Å². The number of nitrogens with one attached hydrogen (secondary N) is 2. The van der Waals surface area contributed by atoms with Gasteiger partial charge < -0.3 is 25.6 Å². The van der Waals surface area contributed by atoms with Gasteiger partial charge in [0.15, 0.2) is 0 Å². The van der Waals surface area contributed by atoms with Gasteiger partial charge in [-0.3, -0.25) is 19.4 Å². The molecule has 1 aromatic heterocycles. The first-order valence-electron chi connectivity index (χ1n) is 11.5. The molecule has 1 aliphatic heterocycles. The molecular weight excluding hydrogens is 437 g/mol. The third kappa shape index (κ3) is 7.63. The van der Waals surface area contributed by atoms with E-state index in [1.807, 2.05) is 30.3 Å². The fraction of sp³-hybridized carbons (Fsp3) is 0.435. The Morgan fingerprint density at radius 2 is 1.79 bits per heavy atom. The number of carbonyl (C=O) groups excluding carboxylic acids is 3. The van der Waals surface area contributed by atoms with E-state index in [4.69, 9.17) is 0 Å². The number of aryl methyl sites for hydroxylation is 1. The van der Waals surface area contributed by atoms with E-state index in [-0.39, 0.29) is 18.0 Å². The molecule has 1 unspecified atom stereocenters. The summed E-state index contributed by atoms with van der Waals surface area (Å²) in [5.74, 6) is -2.51. The molecule has 2 heterocycles. The predicted molar refractivity (Wildman–Crippen MR) is 125 cm³/mol. The van der Waals surface area contributed by atoms with Gasteiger partial charge in [-0.05, 0) is 37.7 Å². The molecule has 180 valence electrons. The highest BCUT2D eigenvalue weighted by Crippen LogP contribution is 2.12. The van der Waals surface area contributed by atoms with Crippen molar-refractivity contribution in [3.05, 3.63) is 60.2 Å². The summed E-state index contributed by atoms with van der Waals surface area (Å²) >= 11 is 0. The minimum absolute atomic E-state index is 0.00975. The number of hydrogen-bond donors (Lipinski definition) is 4. The van der Waals surface area contributed by atoms with Gasteiger partial charge in [-0.1, -0.05) is 30.3 Å². The third-order valence-electron chi connectivity index (χ3n) is 5.77. The van der Waals surface area contributed by atoms with Gasteiger partial charge in [-0.25, -0.2) is 4.98 Å². The Morgan fingerprint density at radius 1 is 1.06 bits per heavy atom. The zero-order valence-electron chi connectivity index (χ0n) is 19.0. The number of nitrogens with zero attached hydrogens (tertiary/aromatic N) is 3. The van der Waals surface area contributed by atoms with Gasteiger partial charge in [0, 0.05) is 25.5 Å². The van der Waals surface area contributed by atoms with Gasteiger partial charge in [0.05, 0.1) is 18.6 Å². The Balaban J connectivity index is 1.64. The number of amides is 3. The van der Waals surface area contributed by atoms with Crippen LogP contribution in [-0.4, -0.2) is 74.8 Å². The monoisotopic (exact) mass is 467 g/mol. The summed E-state index contributed by atoms with van der Waals surface area (Å²) in [5.41, 5.74) is 1.11. The van der Waals surface area contributed by atoms with Gasteiger partial charge in [0.1, 0.15) is 11.7 Å². The number of rotatable bonds is 11. The van der Waals surface area contributed by atoms with E-state index >= 15 is 0 Å². The zero-order valence-corrected chi connectivity index (χ0v) is 19.0. The highest BCUT2D eigenvalue weighted by molar-refractivity contribution is 6.43. The molecule has 1 saturated heterocycles. The van der Waals surface area contributed by atoms with Crippen LogP contribution in [0, 0.1) is 0 Å². The molecule has 3 amide bonds. The Bertz CT molecular complexity index is 941. The smallest absolute Gasteiger partial charge is 0.426 e. The maximum atomic E-state index is 13.1. The molecule has 0 saturated carbocycles. The van der Waals surface area contributed by atoms with Crippen LogP contribution in [0.3, 0.4) is 0 Å². The van der Waals surface area contributed by atoms with E-state index < -0.39 is 30.9 Å². The summed E-state index contributed by atoms with van der Waals surface area (Å²) in [5, 5.41) is 24.8. The lowest BCUT2D eigenvalue weighted by Crippen LogP contribution is -2.55. The molecule has 2 aromatic rings. The molecule has 0 radical (unpaired) electrons. The number of likely N-dealkylation sites (tertiary alicyclic amines) is 1. The molecule has 2 atom stereocenters. The Morgan fingerprint density at radius 3 is 2.44 bits per heavy atom. The average Bonchev–Trinajstić information content (AvgIpc) is 3.39. The van der Waals surface area contributed by atoms with Crippen molar-refractivity contribution >= 4 is 24.8 Å². The van der Waals surface area contributed by atoms with Crippen molar-refractivity contribution in [3.63, 3.8) is 0 Å². The van der Waals surface area contributed by atoms with Crippen molar-refractivity contribution in [1.29, 1.82) is 0 Å². The van der Waals surface area contributed by atoms with Crippen molar-refractivity contribution in [1.82, 2.24) is 25.5 Å². The second kappa shape index (κ2) is 12.8. The van der Waals surface area contributed by atoms with Crippen LogP contribution in [0.4, 0.5) is 0 Å². The molecule has 1 fully saturated rings. The van der Waals surface area contributed by atoms with Crippen LogP contribution in [0.1, 0.15) is 48.2 Å². The summed E-state index contributed by atoms with van der Waals surface area (Å²) in [6, 6.07) is 8.53. The minimum atomic E-state index is -1.79. The average molecular weight is 467 g/mol. The number of carbonyl (C=O) groups is 3. The van der Waals surface area contributed by atoms with Crippen LogP contribution in [0.2, 0.25) is 0 Å². The minimum Gasteiger partial charge on any atom is -0.426 e. The van der Waals surface area contributed by atoms with Crippen LogP contribution in [-0.2, 0) is 16.0 Å². The fourth-order valence-corrected chi connectivity index (χ4v) is 3.88. The number of benzene rings is 1. The lowest BCUT2D eigenvalue weighted by molar-refractivity contribution is -0.134. The van der Waals surface area contributed by atoms with E-state index in [9.17, 15) is 24.4 Å². The maximum absolute atomic E-state index is 13.1. The highest BCUT2D eigenvalue weighted by atomic mass is 16.4. The summed E-state index contributed by atoms with van der Waals surface area (Å²) in [7, 11) is -1.79. The molecule has 1 aliphatic rings. The molecule has 3 rings (SSSR count). The standard InChI is InChI=1S/C23H30BN5O5/c30-21(29-13-4-5-14-29)15-18(27-23(32)19-16-25-11-12-26-19)22(31)28-20(24(33)34)10-6-9-17-7-2-1-3-8-17/h1-3,7-8,11-12,16,18,20,33-34H,4-6,9-10,13-15H2,(H,27,32)(H,28,31)/t18?,20-/m0/s1. The highest BCUT2D eigenvalue weighted by Gasteiger charge is 2.32. The summed E-state index contributed by atoms with van der Waals surface area (Å²) in [4.78, 5) is 47.8. The third-order valence-corrected chi connectivity index (χ3v) is 5.77. The molecule has 1 aromatic carbocycles. The number of aromatic nitrogens is 2. The first kappa shape index (κ1) is 25.3. The molecule has 34 heavy (non-hydrogen) atoms. The summed E-state index contributed by atoms with van der Waals surface area (Å²) < 4.78 is 0. The van der Waals surface area contributed by atoms with Gasteiger partial charge >= 0.3 is 7.12 Å². The van der Waals surface area contributed by atoms with Crippen LogP contribution in [0.25, 0.3) is 0 Å². The van der Waals surface area contributed by atoms with Crippen molar-refractivity contribution < 1.29 is 24.4 Å². The van der Waals surface area contributed by atoms with Crippen molar-refractivity contribution in [2.24, 2.45) is 0 Å². The maximum Gasteiger partial charge on any atom is 0.475 e. The quantitative estimate of drug-likeness (QED) is 0.343. The molecular formula is C23H30BN5O5. The van der Waals surface area contributed by atoms with E-state index in [0.29, 0.717) is 32.4 Å². The largest absolute Gasteiger partial charge is 0.475 e. The Kier molecular flexibility index (Phi) is 9.54. The Labute approximate surface area is 198 Å². The van der Waals surface area contributed by atoms with Crippen molar-refractivity contribution in [3.8, 4) is 0 Å². The number of hydrogen-bond acceptors (Lipinski definition) is 7. The van der Waals surface area contributed by atoms with Crippen LogP contribution in [0.15, 0.2) is 48.9 Å². The van der Waals surface area contributed by atoms with Gasteiger partial charge in [0.2, 0.25) is 11.8 Å².